The molecule has 0 bridgehead atoms. The zero-order valence-corrected chi connectivity index (χ0v) is 13.5. The van der Waals surface area contributed by atoms with Crippen LogP contribution in [0.1, 0.15) is 59.8 Å². The monoisotopic (exact) mass is 266 g/mol. The summed E-state index contributed by atoms with van der Waals surface area (Å²) in [6.07, 6.45) is 7.03. The highest BCUT2D eigenvalue weighted by Gasteiger charge is 2.32. The fourth-order valence-corrected chi connectivity index (χ4v) is 4.13. The van der Waals surface area contributed by atoms with Gasteiger partial charge in [0.1, 0.15) is 0 Å². The zero-order chi connectivity index (χ0) is 13.8. The van der Waals surface area contributed by atoms with Crippen molar-refractivity contribution < 1.29 is 0 Å². The van der Waals surface area contributed by atoms with Gasteiger partial charge in [0.05, 0.1) is 0 Å². The van der Waals surface area contributed by atoms with E-state index in [1.807, 2.05) is 0 Å². The van der Waals surface area contributed by atoms with E-state index >= 15 is 0 Å². The van der Waals surface area contributed by atoms with E-state index in [9.17, 15) is 0 Å². The average molecular weight is 266 g/mol. The molecule has 1 N–H and O–H groups in total. The molecule has 2 nitrogen and oxygen atoms in total. The molecule has 0 amide bonds. The third-order valence-electron chi connectivity index (χ3n) is 5.24. The maximum atomic E-state index is 3.77. The van der Waals surface area contributed by atoms with Crippen LogP contribution in [0.25, 0.3) is 0 Å². The lowest BCUT2D eigenvalue weighted by Crippen LogP contribution is -2.58. The minimum atomic E-state index is 0.735. The largest absolute Gasteiger partial charge is 0.311 e. The molecule has 1 saturated heterocycles. The van der Waals surface area contributed by atoms with Gasteiger partial charge in [-0.25, -0.2) is 0 Å². The summed E-state index contributed by atoms with van der Waals surface area (Å²) in [5.74, 6) is 2.71. The second kappa shape index (κ2) is 7.08. The first kappa shape index (κ1) is 15.3. The van der Waals surface area contributed by atoms with Crippen molar-refractivity contribution in [1.29, 1.82) is 0 Å². The van der Waals surface area contributed by atoms with E-state index in [1.165, 1.54) is 51.7 Å². The summed E-state index contributed by atoms with van der Waals surface area (Å²) in [6, 6.07) is 1.49. The third kappa shape index (κ3) is 4.19. The van der Waals surface area contributed by atoms with Crippen LogP contribution in [0.5, 0.6) is 0 Å². The van der Waals surface area contributed by atoms with Crippen molar-refractivity contribution in [2.75, 3.05) is 19.6 Å². The van der Waals surface area contributed by atoms with Crippen molar-refractivity contribution in [3.05, 3.63) is 0 Å². The summed E-state index contributed by atoms with van der Waals surface area (Å²) in [5, 5.41) is 3.77. The molecule has 112 valence electrons. The highest BCUT2D eigenvalue weighted by molar-refractivity contribution is 4.89. The first-order valence-corrected chi connectivity index (χ1v) is 8.57. The van der Waals surface area contributed by atoms with Crippen molar-refractivity contribution in [1.82, 2.24) is 10.2 Å². The summed E-state index contributed by atoms with van der Waals surface area (Å²) in [7, 11) is 0. The van der Waals surface area contributed by atoms with Gasteiger partial charge in [0, 0.05) is 31.7 Å². The Bertz CT molecular complexity index is 264. The molecule has 2 rings (SSSR count). The Morgan fingerprint density at radius 2 is 2.05 bits per heavy atom. The summed E-state index contributed by atoms with van der Waals surface area (Å²) < 4.78 is 0. The van der Waals surface area contributed by atoms with Crippen LogP contribution in [0.15, 0.2) is 0 Å². The van der Waals surface area contributed by atoms with Gasteiger partial charge in [-0.3, -0.25) is 4.90 Å². The normalized spacial score (nSPS) is 37.1. The summed E-state index contributed by atoms with van der Waals surface area (Å²) in [6.45, 7) is 13.3. The number of rotatable bonds is 5. The molecule has 2 fully saturated rings. The molecule has 0 aromatic carbocycles. The van der Waals surface area contributed by atoms with E-state index in [1.54, 1.807) is 0 Å². The van der Waals surface area contributed by atoms with E-state index in [0.717, 1.165) is 29.8 Å². The number of hydrogen-bond acceptors (Lipinski definition) is 2. The second-order valence-electron chi connectivity index (χ2n) is 7.44. The van der Waals surface area contributed by atoms with Crippen LogP contribution in [0.2, 0.25) is 0 Å². The molecule has 4 unspecified atom stereocenters. The Hall–Kier alpha value is -0.0800. The van der Waals surface area contributed by atoms with Crippen LogP contribution in [0.4, 0.5) is 0 Å². The number of nitrogens with one attached hydrogen (secondary N) is 1. The SMILES string of the molecule is CCCC1CN(CC2CCC(C)C2)C(C(C)C)CN1. The summed E-state index contributed by atoms with van der Waals surface area (Å²) in [5.41, 5.74) is 0. The zero-order valence-electron chi connectivity index (χ0n) is 13.5. The second-order valence-corrected chi connectivity index (χ2v) is 7.44. The molecule has 0 aromatic rings. The average Bonchev–Trinajstić information content (AvgIpc) is 2.75. The van der Waals surface area contributed by atoms with Gasteiger partial charge >= 0.3 is 0 Å². The molecule has 4 atom stereocenters. The molecule has 1 heterocycles. The van der Waals surface area contributed by atoms with Crippen LogP contribution in [-0.2, 0) is 0 Å². The molecule has 2 aliphatic rings. The third-order valence-corrected chi connectivity index (χ3v) is 5.24. The van der Waals surface area contributed by atoms with Crippen molar-refractivity contribution in [3.63, 3.8) is 0 Å². The van der Waals surface area contributed by atoms with Gasteiger partial charge in [0.2, 0.25) is 0 Å². The fraction of sp³-hybridized carbons (Fsp3) is 1.00. The van der Waals surface area contributed by atoms with E-state index in [-0.39, 0.29) is 0 Å². The fourth-order valence-electron chi connectivity index (χ4n) is 4.13. The smallest absolute Gasteiger partial charge is 0.0244 e. The molecule has 2 heteroatoms. The van der Waals surface area contributed by atoms with Gasteiger partial charge in [-0.1, -0.05) is 40.5 Å². The van der Waals surface area contributed by atoms with Gasteiger partial charge < -0.3 is 5.32 Å². The standard InChI is InChI=1S/C17H34N2/c1-5-6-16-12-19(17(10-18-16)13(2)3)11-15-8-7-14(4)9-15/h13-18H,5-12H2,1-4H3. The number of piperazine rings is 1. The minimum absolute atomic E-state index is 0.735. The Morgan fingerprint density at radius 1 is 1.26 bits per heavy atom. The van der Waals surface area contributed by atoms with Crippen molar-refractivity contribution >= 4 is 0 Å². The van der Waals surface area contributed by atoms with Gasteiger partial charge in [0.25, 0.3) is 0 Å². The molecular formula is C17H34N2. The lowest BCUT2D eigenvalue weighted by molar-refractivity contribution is 0.0793. The van der Waals surface area contributed by atoms with Crippen molar-refractivity contribution in [2.24, 2.45) is 17.8 Å². The predicted molar refractivity (Wildman–Crippen MR) is 83.4 cm³/mol. The Balaban J connectivity index is 1.91. The van der Waals surface area contributed by atoms with Gasteiger partial charge in [0.15, 0.2) is 0 Å². The minimum Gasteiger partial charge on any atom is -0.311 e. The number of hydrogen-bond donors (Lipinski definition) is 1. The van der Waals surface area contributed by atoms with E-state index in [0.29, 0.717) is 0 Å². The number of nitrogens with zero attached hydrogens (tertiary/aromatic N) is 1. The lowest BCUT2D eigenvalue weighted by Gasteiger charge is -2.43. The van der Waals surface area contributed by atoms with Crippen LogP contribution >= 0.6 is 0 Å². The highest BCUT2D eigenvalue weighted by Crippen LogP contribution is 2.32. The molecule has 0 radical (unpaired) electrons. The Kier molecular flexibility index (Phi) is 5.70. The molecule has 1 aliphatic heterocycles. The molecular weight excluding hydrogens is 232 g/mol. The predicted octanol–water partition coefficient (Wildman–Crippen LogP) is 3.52. The quantitative estimate of drug-likeness (QED) is 0.819. The van der Waals surface area contributed by atoms with Gasteiger partial charge in [-0.05, 0) is 37.0 Å². The van der Waals surface area contributed by atoms with E-state index < -0.39 is 0 Å². The van der Waals surface area contributed by atoms with Crippen LogP contribution < -0.4 is 5.32 Å². The van der Waals surface area contributed by atoms with Crippen LogP contribution in [0.3, 0.4) is 0 Å². The highest BCUT2D eigenvalue weighted by atomic mass is 15.2. The van der Waals surface area contributed by atoms with Gasteiger partial charge in [-0.15, -0.1) is 0 Å². The summed E-state index contributed by atoms with van der Waals surface area (Å²) >= 11 is 0. The molecule has 1 saturated carbocycles. The molecule has 0 aromatic heterocycles. The van der Waals surface area contributed by atoms with E-state index in [2.05, 4.69) is 37.9 Å². The van der Waals surface area contributed by atoms with Gasteiger partial charge in [-0.2, -0.15) is 0 Å². The maximum absolute atomic E-state index is 3.77. The van der Waals surface area contributed by atoms with Crippen LogP contribution in [0, 0.1) is 17.8 Å². The Morgan fingerprint density at radius 3 is 2.63 bits per heavy atom. The lowest BCUT2D eigenvalue weighted by atomic mass is 9.95. The first-order valence-electron chi connectivity index (χ1n) is 8.57. The molecule has 0 spiro atoms. The first-order chi connectivity index (χ1) is 9.10. The molecule has 1 aliphatic carbocycles. The summed E-state index contributed by atoms with van der Waals surface area (Å²) in [4.78, 5) is 2.82. The topological polar surface area (TPSA) is 15.3 Å². The Labute approximate surface area is 120 Å². The molecule has 19 heavy (non-hydrogen) atoms. The van der Waals surface area contributed by atoms with Crippen LogP contribution in [-0.4, -0.2) is 36.6 Å². The van der Waals surface area contributed by atoms with Crippen molar-refractivity contribution in [3.8, 4) is 0 Å². The van der Waals surface area contributed by atoms with Crippen molar-refractivity contribution in [2.45, 2.75) is 71.9 Å². The van der Waals surface area contributed by atoms with E-state index in [4.69, 9.17) is 0 Å². The maximum Gasteiger partial charge on any atom is 0.0244 e.